The summed E-state index contributed by atoms with van der Waals surface area (Å²) in [4.78, 5) is 2.02. The van der Waals surface area contributed by atoms with Gasteiger partial charge in [0.05, 0.1) is 10.5 Å². The molecule has 0 aromatic heterocycles. The van der Waals surface area contributed by atoms with Gasteiger partial charge in [0.15, 0.2) is 0 Å². The largest absolute Gasteiger partial charge is 0.416 e. The van der Waals surface area contributed by atoms with Crippen LogP contribution in [0.15, 0.2) is 47.4 Å². The van der Waals surface area contributed by atoms with Crippen molar-refractivity contribution in [2.75, 3.05) is 31.1 Å². The fraction of sp³-hybridized carbons (Fsp3) is 0.368. The van der Waals surface area contributed by atoms with Crippen LogP contribution >= 0.6 is 0 Å². The SMILES string of the molecule is Cc1ccc(N2CCN(S(=O)(=O)c3ccc(C(F)(F)F)cc3)CC2)c(C)c1. The van der Waals surface area contributed by atoms with Gasteiger partial charge in [-0.3, -0.25) is 0 Å². The van der Waals surface area contributed by atoms with E-state index in [-0.39, 0.29) is 18.0 Å². The molecule has 2 aromatic rings. The van der Waals surface area contributed by atoms with E-state index < -0.39 is 21.8 Å². The lowest BCUT2D eigenvalue weighted by atomic mass is 10.1. The third-order valence-corrected chi connectivity index (χ3v) is 6.66. The first kappa shape index (κ1) is 19.7. The van der Waals surface area contributed by atoms with Crippen molar-refractivity contribution < 1.29 is 21.6 Å². The molecule has 0 radical (unpaired) electrons. The van der Waals surface area contributed by atoms with E-state index in [0.29, 0.717) is 13.1 Å². The van der Waals surface area contributed by atoms with Gasteiger partial charge in [-0.15, -0.1) is 0 Å². The van der Waals surface area contributed by atoms with E-state index in [1.807, 2.05) is 26.0 Å². The molecule has 0 amide bonds. The second-order valence-corrected chi connectivity index (χ2v) is 8.64. The molecule has 0 bridgehead atoms. The number of hydrogen-bond donors (Lipinski definition) is 0. The van der Waals surface area contributed by atoms with Gasteiger partial charge in [-0.05, 0) is 49.7 Å². The summed E-state index contributed by atoms with van der Waals surface area (Å²) in [6.45, 7) is 5.68. The molecule has 4 nitrogen and oxygen atoms in total. The van der Waals surface area contributed by atoms with Crippen LogP contribution < -0.4 is 4.90 Å². The van der Waals surface area contributed by atoms with E-state index in [4.69, 9.17) is 0 Å². The standard InChI is InChI=1S/C19H21F3N2O2S/c1-14-3-8-18(15(2)13-14)23-9-11-24(12-10-23)27(25,26)17-6-4-16(5-7-17)19(20,21)22/h3-8,13H,9-12H2,1-2H3. The number of halogens is 3. The molecule has 1 fully saturated rings. The molecule has 2 aromatic carbocycles. The summed E-state index contributed by atoms with van der Waals surface area (Å²) in [7, 11) is -3.81. The summed E-state index contributed by atoms with van der Waals surface area (Å²) in [6, 6.07) is 9.79. The molecular weight excluding hydrogens is 377 g/mol. The van der Waals surface area contributed by atoms with Gasteiger partial charge in [0.2, 0.25) is 10.0 Å². The van der Waals surface area contributed by atoms with Crippen molar-refractivity contribution in [2.45, 2.75) is 24.9 Å². The lowest BCUT2D eigenvalue weighted by Crippen LogP contribution is -2.48. The first-order valence-corrected chi connectivity index (χ1v) is 10.0. The third kappa shape index (κ3) is 4.11. The first-order chi connectivity index (χ1) is 12.6. The van der Waals surface area contributed by atoms with E-state index in [0.717, 1.165) is 35.5 Å². The highest BCUT2D eigenvalue weighted by atomic mass is 32.2. The van der Waals surface area contributed by atoms with Crippen molar-refractivity contribution in [3.63, 3.8) is 0 Å². The van der Waals surface area contributed by atoms with Gasteiger partial charge < -0.3 is 4.90 Å². The molecule has 27 heavy (non-hydrogen) atoms. The maximum Gasteiger partial charge on any atom is 0.416 e. The molecule has 0 saturated carbocycles. The van der Waals surface area contributed by atoms with Crippen LogP contribution in [0, 0.1) is 13.8 Å². The number of benzene rings is 2. The Kier molecular flexibility index (Phi) is 5.22. The smallest absolute Gasteiger partial charge is 0.369 e. The number of sulfonamides is 1. The minimum atomic E-state index is -4.49. The molecule has 1 saturated heterocycles. The summed E-state index contributed by atoms with van der Waals surface area (Å²) in [5.41, 5.74) is 2.52. The van der Waals surface area contributed by atoms with Crippen LogP contribution in [0.2, 0.25) is 0 Å². The Morgan fingerprint density at radius 2 is 1.48 bits per heavy atom. The fourth-order valence-corrected chi connectivity index (χ4v) is 4.72. The number of hydrogen-bond acceptors (Lipinski definition) is 3. The van der Waals surface area contributed by atoms with Crippen molar-refractivity contribution in [3.05, 3.63) is 59.2 Å². The van der Waals surface area contributed by atoms with Gasteiger partial charge in [-0.2, -0.15) is 17.5 Å². The predicted octanol–water partition coefficient (Wildman–Crippen LogP) is 3.83. The molecular formula is C19H21F3N2O2S. The van der Waals surface area contributed by atoms with Gasteiger partial charge in [0.1, 0.15) is 0 Å². The predicted molar refractivity (Wildman–Crippen MR) is 98.3 cm³/mol. The molecule has 1 aliphatic heterocycles. The minimum Gasteiger partial charge on any atom is -0.369 e. The van der Waals surface area contributed by atoms with Crippen LogP contribution in [0.3, 0.4) is 0 Å². The Hall–Kier alpha value is -2.06. The Balaban J connectivity index is 1.73. The Morgan fingerprint density at radius 3 is 2.00 bits per heavy atom. The molecule has 3 rings (SSSR count). The number of nitrogens with zero attached hydrogens (tertiary/aromatic N) is 2. The molecule has 146 valence electrons. The fourth-order valence-electron chi connectivity index (χ4n) is 3.29. The molecule has 0 aliphatic carbocycles. The van der Waals surface area contributed by atoms with Crippen LogP contribution in [0.25, 0.3) is 0 Å². The quantitative estimate of drug-likeness (QED) is 0.789. The lowest BCUT2D eigenvalue weighted by Gasteiger charge is -2.36. The number of aryl methyl sites for hydroxylation is 2. The van der Waals surface area contributed by atoms with Crippen LogP contribution in [-0.2, 0) is 16.2 Å². The van der Waals surface area contributed by atoms with Crippen LogP contribution in [-0.4, -0.2) is 38.9 Å². The second kappa shape index (κ2) is 7.16. The second-order valence-electron chi connectivity index (χ2n) is 6.70. The van der Waals surface area contributed by atoms with E-state index in [1.54, 1.807) is 0 Å². The summed E-state index contributed by atoms with van der Waals surface area (Å²) < 4.78 is 64.8. The monoisotopic (exact) mass is 398 g/mol. The number of rotatable bonds is 3. The third-order valence-electron chi connectivity index (χ3n) is 4.75. The molecule has 0 spiro atoms. The highest BCUT2D eigenvalue weighted by molar-refractivity contribution is 7.89. The zero-order valence-corrected chi connectivity index (χ0v) is 15.9. The van der Waals surface area contributed by atoms with Crippen molar-refractivity contribution >= 4 is 15.7 Å². The highest BCUT2D eigenvalue weighted by Gasteiger charge is 2.32. The molecule has 0 atom stereocenters. The highest BCUT2D eigenvalue weighted by Crippen LogP contribution is 2.30. The van der Waals surface area contributed by atoms with Crippen molar-refractivity contribution in [1.29, 1.82) is 0 Å². The zero-order valence-electron chi connectivity index (χ0n) is 15.1. The summed E-state index contributed by atoms with van der Waals surface area (Å²) in [6.07, 6.45) is -4.49. The van der Waals surface area contributed by atoms with Crippen molar-refractivity contribution in [2.24, 2.45) is 0 Å². The van der Waals surface area contributed by atoms with Crippen LogP contribution in [0.1, 0.15) is 16.7 Å². The molecule has 0 unspecified atom stereocenters. The van der Waals surface area contributed by atoms with Gasteiger partial charge in [-0.25, -0.2) is 8.42 Å². The van der Waals surface area contributed by atoms with Gasteiger partial charge >= 0.3 is 6.18 Å². The Bertz CT molecular complexity index is 917. The molecule has 1 heterocycles. The summed E-state index contributed by atoms with van der Waals surface area (Å²) >= 11 is 0. The van der Waals surface area contributed by atoms with Crippen molar-refractivity contribution in [1.82, 2.24) is 4.31 Å². The lowest BCUT2D eigenvalue weighted by molar-refractivity contribution is -0.137. The topological polar surface area (TPSA) is 40.6 Å². The average Bonchev–Trinajstić information content (AvgIpc) is 2.61. The number of alkyl halides is 3. The van der Waals surface area contributed by atoms with Crippen LogP contribution in [0.5, 0.6) is 0 Å². The van der Waals surface area contributed by atoms with E-state index >= 15 is 0 Å². The van der Waals surface area contributed by atoms with Gasteiger partial charge in [-0.1, -0.05) is 17.7 Å². The maximum absolute atomic E-state index is 12.7. The molecule has 8 heteroatoms. The first-order valence-electron chi connectivity index (χ1n) is 8.58. The maximum atomic E-state index is 12.7. The summed E-state index contributed by atoms with van der Waals surface area (Å²) in [5, 5.41) is 0. The molecule has 0 N–H and O–H groups in total. The van der Waals surface area contributed by atoms with Gasteiger partial charge in [0.25, 0.3) is 0 Å². The minimum absolute atomic E-state index is 0.115. The Morgan fingerprint density at radius 1 is 0.889 bits per heavy atom. The van der Waals surface area contributed by atoms with E-state index in [9.17, 15) is 21.6 Å². The van der Waals surface area contributed by atoms with E-state index in [2.05, 4.69) is 11.0 Å². The normalized spacial score (nSPS) is 16.6. The van der Waals surface area contributed by atoms with Crippen molar-refractivity contribution in [3.8, 4) is 0 Å². The van der Waals surface area contributed by atoms with E-state index in [1.165, 1.54) is 9.87 Å². The zero-order chi connectivity index (χ0) is 19.8. The van der Waals surface area contributed by atoms with Gasteiger partial charge in [0, 0.05) is 31.9 Å². The number of anilines is 1. The van der Waals surface area contributed by atoms with Crippen LogP contribution in [0.4, 0.5) is 18.9 Å². The number of piperazine rings is 1. The average molecular weight is 398 g/mol. The summed E-state index contributed by atoms with van der Waals surface area (Å²) in [5.74, 6) is 0. The molecule has 1 aliphatic rings. The Labute approximate surface area is 157 Å².